The van der Waals surface area contributed by atoms with Gasteiger partial charge < -0.3 is 5.32 Å². The van der Waals surface area contributed by atoms with Gasteiger partial charge in [0.15, 0.2) is 16.1 Å². The van der Waals surface area contributed by atoms with Gasteiger partial charge in [-0.3, -0.25) is 9.36 Å². The van der Waals surface area contributed by atoms with Crippen molar-refractivity contribution in [1.82, 2.24) is 19.7 Å². The summed E-state index contributed by atoms with van der Waals surface area (Å²) in [7, 11) is 0. The molecule has 2 heterocycles. The molecule has 2 aromatic heterocycles. The summed E-state index contributed by atoms with van der Waals surface area (Å²) in [5, 5.41) is 14.3. The number of thioether (sulfide) groups is 1. The van der Waals surface area contributed by atoms with Crippen molar-refractivity contribution in [1.29, 1.82) is 0 Å². The van der Waals surface area contributed by atoms with Gasteiger partial charge in [0.2, 0.25) is 5.91 Å². The first-order chi connectivity index (χ1) is 12.6. The van der Waals surface area contributed by atoms with E-state index in [-0.39, 0.29) is 11.2 Å². The summed E-state index contributed by atoms with van der Waals surface area (Å²) in [4.78, 5) is 16.7. The van der Waals surface area contributed by atoms with Gasteiger partial charge in [0, 0.05) is 17.5 Å². The third-order valence-electron chi connectivity index (χ3n) is 3.56. The van der Waals surface area contributed by atoms with E-state index in [2.05, 4.69) is 27.1 Å². The zero-order chi connectivity index (χ0) is 18.5. The van der Waals surface area contributed by atoms with Crippen LogP contribution in [0.1, 0.15) is 12.6 Å². The summed E-state index contributed by atoms with van der Waals surface area (Å²) >= 11 is 2.78. The van der Waals surface area contributed by atoms with Gasteiger partial charge in [0.25, 0.3) is 0 Å². The van der Waals surface area contributed by atoms with Crippen LogP contribution in [0.4, 0.5) is 5.13 Å². The third-order valence-corrected chi connectivity index (χ3v) is 5.52. The number of thiazole rings is 1. The summed E-state index contributed by atoms with van der Waals surface area (Å²) in [5.41, 5.74) is 1.87. The van der Waals surface area contributed by atoms with Gasteiger partial charge in [-0.25, -0.2) is 4.98 Å². The Kier molecular flexibility index (Phi) is 5.85. The van der Waals surface area contributed by atoms with Crippen LogP contribution < -0.4 is 5.32 Å². The second-order valence-corrected chi connectivity index (χ2v) is 7.78. The largest absolute Gasteiger partial charge is 0.301 e. The Labute approximate surface area is 160 Å². The number of anilines is 1. The Hall–Kier alpha value is -2.45. The Bertz CT molecular complexity index is 903. The van der Waals surface area contributed by atoms with Crippen molar-refractivity contribution in [3.8, 4) is 11.4 Å². The summed E-state index contributed by atoms with van der Waals surface area (Å²) in [6.45, 7) is 8.12. The van der Waals surface area contributed by atoms with Crippen molar-refractivity contribution in [2.75, 3.05) is 5.32 Å². The lowest BCUT2D eigenvalue weighted by molar-refractivity contribution is -0.115. The maximum Gasteiger partial charge on any atom is 0.239 e. The van der Waals surface area contributed by atoms with Crippen molar-refractivity contribution < 1.29 is 4.79 Å². The molecule has 1 aromatic carbocycles. The minimum atomic E-state index is -0.337. The molecule has 26 heavy (non-hydrogen) atoms. The standard InChI is InChI=1S/C18H19N5OS2/c1-4-10-23-15(14-8-6-5-7-9-14)21-22-18(23)26-13(3)16(24)20-17-19-12(2)11-25-17/h4-9,11,13H,1,10H2,2-3H3,(H,19,20,24)/t13-/m1/s1. The number of benzene rings is 1. The fourth-order valence-electron chi connectivity index (χ4n) is 2.30. The normalized spacial score (nSPS) is 11.9. The third kappa shape index (κ3) is 4.20. The molecule has 134 valence electrons. The Morgan fingerprint density at radius 2 is 2.15 bits per heavy atom. The number of carbonyl (C=O) groups excluding carboxylic acids is 1. The Morgan fingerprint density at radius 3 is 2.81 bits per heavy atom. The average molecular weight is 386 g/mol. The van der Waals surface area contributed by atoms with Crippen molar-refractivity contribution in [2.24, 2.45) is 0 Å². The molecule has 0 spiro atoms. The lowest BCUT2D eigenvalue weighted by Gasteiger charge is -2.12. The Balaban J connectivity index is 1.77. The quantitative estimate of drug-likeness (QED) is 0.491. The van der Waals surface area contributed by atoms with Crippen LogP contribution in [0.3, 0.4) is 0 Å². The second kappa shape index (κ2) is 8.29. The van der Waals surface area contributed by atoms with Crippen molar-refractivity contribution in [3.05, 3.63) is 54.1 Å². The van der Waals surface area contributed by atoms with Crippen molar-refractivity contribution in [2.45, 2.75) is 30.8 Å². The zero-order valence-electron chi connectivity index (χ0n) is 14.5. The van der Waals surface area contributed by atoms with Gasteiger partial charge in [-0.1, -0.05) is 48.2 Å². The van der Waals surface area contributed by atoms with Crippen LogP contribution in [0.5, 0.6) is 0 Å². The molecule has 0 aliphatic rings. The Morgan fingerprint density at radius 1 is 1.38 bits per heavy atom. The fraction of sp³-hybridized carbons (Fsp3) is 0.222. The lowest BCUT2D eigenvalue weighted by atomic mass is 10.2. The van der Waals surface area contributed by atoms with E-state index in [1.54, 1.807) is 6.08 Å². The number of allylic oxidation sites excluding steroid dienone is 1. The number of rotatable bonds is 7. The topological polar surface area (TPSA) is 72.7 Å². The number of nitrogens with zero attached hydrogens (tertiary/aromatic N) is 4. The molecular formula is C18H19N5OS2. The minimum absolute atomic E-state index is 0.112. The number of carbonyl (C=O) groups is 1. The maximum atomic E-state index is 12.4. The van der Waals surface area contributed by atoms with Crippen LogP contribution in [0.25, 0.3) is 11.4 Å². The number of hydrogen-bond acceptors (Lipinski definition) is 6. The molecule has 0 aliphatic heterocycles. The molecule has 8 heteroatoms. The smallest absolute Gasteiger partial charge is 0.239 e. The highest BCUT2D eigenvalue weighted by molar-refractivity contribution is 8.00. The molecule has 0 unspecified atom stereocenters. The number of aryl methyl sites for hydroxylation is 1. The van der Waals surface area contributed by atoms with Gasteiger partial charge in [0.05, 0.1) is 10.9 Å². The van der Waals surface area contributed by atoms with E-state index in [9.17, 15) is 4.79 Å². The highest BCUT2D eigenvalue weighted by atomic mass is 32.2. The molecule has 0 saturated carbocycles. The second-order valence-electron chi connectivity index (χ2n) is 5.61. The first kappa shape index (κ1) is 18.3. The first-order valence-corrected chi connectivity index (χ1v) is 9.83. The van der Waals surface area contributed by atoms with Gasteiger partial charge in [-0.05, 0) is 13.8 Å². The van der Waals surface area contributed by atoms with Crippen LogP contribution in [0.2, 0.25) is 0 Å². The molecule has 0 fully saturated rings. The van der Waals surface area contributed by atoms with Gasteiger partial charge in [0.1, 0.15) is 0 Å². The molecule has 1 N–H and O–H groups in total. The summed E-state index contributed by atoms with van der Waals surface area (Å²) in [6, 6.07) is 9.85. The van der Waals surface area contributed by atoms with Crippen molar-refractivity contribution in [3.63, 3.8) is 0 Å². The summed E-state index contributed by atoms with van der Waals surface area (Å²) in [5.74, 6) is 0.648. The van der Waals surface area contributed by atoms with Crippen LogP contribution in [-0.2, 0) is 11.3 Å². The molecule has 0 aliphatic carbocycles. The average Bonchev–Trinajstić information content (AvgIpc) is 3.22. The summed E-state index contributed by atoms with van der Waals surface area (Å²) < 4.78 is 1.96. The minimum Gasteiger partial charge on any atom is -0.301 e. The predicted octanol–water partition coefficient (Wildman–Crippen LogP) is 4.02. The molecule has 0 bridgehead atoms. The summed E-state index contributed by atoms with van der Waals surface area (Å²) in [6.07, 6.45) is 1.79. The molecule has 0 radical (unpaired) electrons. The maximum absolute atomic E-state index is 12.4. The van der Waals surface area contributed by atoms with Gasteiger partial charge >= 0.3 is 0 Å². The molecular weight excluding hydrogens is 366 g/mol. The van der Waals surface area contributed by atoms with Crippen LogP contribution in [0.15, 0.2) is 53.5 Å². The highest BCUT2D eigenvalue weighted by Gasteiger charge is 2.21. The predicted molar refractivity (Wildman–Crippen MR) is 106 cm³/mol. The van der Waals surface area contributed by atoms with E-state index < -0.39 is 0 Å². The molecule has 3 rings (SSSR count). The number of hydrogen-bond donors (Lipinski definition) is 1. The van der Waals surface area contributed by atoms with E-state index in [1.807, 2.05) is 54.1 Å². The van der Waals surface area contributed by atoms with E-state index in [0.717, 1.165) is 17.1 Å². The molecule has 3 aromatic rings. The molecule has 6 nitrogen and oxygen atoms in total. The van der Waals surface area contributed by atoms with E-state index in [0.29, 0.717) is 16.8 Å². The fourth-order valence-corrected chi connectivity index (χ4v) is 3.85. The number of amides is 1. The first-order valence-electron chi connectivity index (χ1n) is 8.07. The highest BCUT2D eigenvalue weighted by Crippen LogP contribution is 2.27. The molecule has 1 atom stereocenters. The van der Waals surface area contributed by atoms with Gasteiger partial charge in [-0.2, -0.15) is 0 Å². The van der Waals surface area contributed by atoms with Crippen LogP contribution >= 0.6 is 23.1 Å². The van der Waals surface area contributed by atoms with E-state index in [4.69, 9.17) is 0 Å². The monoisotopic (exact) mass is 385 g/mol. The van der Waals surface area contributed by atoms with Crippen LogP contribution in [0, 0.1) is 6.92 Å². The van der Waals surface area contributed by atoms with Gasteiger partial charge in [-0.15, -0.1) is 28.1 Å². The van der Waals surface area contributed by atoms with E-state index >= 15 is 0 Å². The number of nitrogens with one attached hydrogen (secondary N) is 1. The number of aromatic nitrogens is 4. The van der Waals surface area contributed by atoms with Crippen molar-refractivity contribution >= 4 is 34.1 Å². The molecule has 0 saturated heterocycles. The zero-order valence-corrected chi connectivity index (χ0v) is 16.2. The lowest BCUT2D eigenvalue weighted by Crippen LogP contribution is -2.22. The SMILES string of the molecule is C=CCn1c(S[C@H](C)C(=O)Nc2nc(C)cs2)nnc1-c1ccccc1. The van der Waals surface area contributed by atoms with E-state index in [1.165, 1.54) is 23.1 Å². The molecule has 1 amide bonds. The van der Waals surface area contributed by atoms with Crippen LogP contribution in [-0.4, -0.2) is 30.9 Å².